The molecule has 1 aliphatic heterocycles. The van der Waals surface area contributed by atoms with Crippen LogP contribution in [0.3, 0.4) is 0 Å². The minimum Gasteiger partial charge on any atom is -0.399 e. The van der Waals surface area contributed by atoms with Gasteiger partial charge in [0.25, 0.3) is 0 Å². The number of nitrogens with zero attached hydrogens (tertiary/aromatic N) is 1. The highest BCUT2D eigenvalue weighted by atomic mass is 127. The van der Waals surface area contributed by atoms with Gasteiger partial charge in [-0.15, -0.1) is 0 Å². The second kappa shape index (κ2) is 6.05. The molecule has 0 radical (unpaired) electrons. The van der Waals surface area contributed by atoms with Crippen LogP contribution in [0.2, 0.25) is 0 Å². The monoisotopic (exact) mass is 392 g/mol. The van der Waals surface area contributed by atoms with E-state index in [-0.39, 0.29) is 5.91 Å². The van der Waals surface area contributed by atoms with Crippen LogP contribution in [0.15, 0.2) is 42.5 Å². The first-order chi connectivity index (χ1) is 10.1. The molecule has 0 aromatic heterocycles. The van der Waals surface area contributed by atoms with Crippen LogP contribution in [0.25, 0.3) is 0 Å². The normalized spacial score (nSPS) is 14.7. The minimum atomic E-state index is 0.192. The first kappa shape index (κ1) is 14.4. The lowest BCUT2D eigenvalue weighted by atomic mass is 10.1. The van der Waals surface area contributed by atoms with Crippen molar-refractivity contribution in [3.8, 4) is 0 Å². The fourth-order valence-electron chi connectivity index (χ4n) is 2.71. The number of halogens is 1. The Morgan fingerprint density at radius 1 is 1.10 bits per heavy atom. The maximum absolute atomic E-state index is 12.4. The fraction of sp³-hybridized carbons (Fsp3) is 0.235. The Labute approximate surface area is 138 Å². The van der Waals surface area contributed by atoms with Gasteiger partial charge in [-0.25, -0.2) is 0 Å². The summed E-state index contributed by atoms with van der Waals surface area (Å²) in [6.07, 6.45) is 2.40. The lowest BCUT2D eigenvalue weighted by Crippen LogP contribution is -2.29. The molecule has 0 aliphatic carbocycles. The van der Waals surface area contributed by atoms with Crippen molar-refractivity contribution >= 4 is 39.9 Å². The van der Waals surface area contributed by atoms with Gasteiger partial charge < -0.3 is 10.6 Å². The zero-order chi connectivity index (χ0) is 14.8. The number of carbonyl (C=O) groups excluding carboxylic acids is 1. The van der Waals surface area contributed by atoms with E-state index in [0.717, 1.165) is 29.8 Å². The Bertz CT molecular complexity index is 667. The molecule has 1 heterocycles. The lowest BCUT2D eigenvalue weighted by Gasteiger charge is -2.23. The molecule has 2 aromatic carbocycles. The van der Waals surface area contributed by atoms with Crippen molar-refractivity contribution in [1.82, 2.24) is 0 Å². The van der Waals surface area contributed by atoms with Crippen molar-refractivity contribution in [2.45, 2.75) is 25.8 Å². The summed E-state index contributed by atoms with van der Waals surface area (Å²) < 4.78 is 1.20. The van der Waals surface area contributed by atoms with E-state index in [4.69, 9.17) is 5.73 Å². The molecule has 108 valence electrons. The summed E-state index contributed by atoms with van der Waals surface area (Å²) in [7, 11) is 0. The predicted molar refractivity (Wildman–Crippen MR) is 94.1 cm³/mol. The third kappa shape index (κ3) is 3.20. The summed E-state index contributed by atoms with van der Waals surface area (Å²) in [6.45, 7) is 0.618. The largest absolute Gasteiger partial charge is 0.399 e. The van der Waals surface area contributed by atoms with Gasteiger partial charge in [0.15, 0.2) is 0 Å². The Kier molecular flexibility index (Phi) is 4.14. The molecule has 0 saturated carbocycles. The third-order valence-electron chi connectivity index (χ3n) is 3.79. The molecule has 0 bridgehead atoms. The molecule has 4 heteroatoms. The van der Waals surface area contributed by atoms with Gasteiger partial charge in [-0.2, -0.15) is 0 Å². The number of benzene rings is 2. The van der Waals surface area contributed by atoms with E-state index in [9.17, 15) is 4.79 Å². The molecule has 3 rings (SSSR count). The molecule has 21 heavy (non-hydrogen) atoms. The highest BCUT2D eigenvalue weighted by Gasteiger charge is 2.22. The zero-order valence-corrected chi connectivity index (χ0v) is 13.8. The number of nitrogens with two attached hydrogens (primary N) is 1. The van der Waals surface area contributed by atoms with Crippen molar-refractivity contribution in [3.63, 3.8) is 0 Å². The second-order valence-corrected chi connectivity index (χ2v) is 6.59. The number of aryl methyl sites for hydroxylation is 1. The van der Waals surface area contributed by atoms with Crippen LogP contribution in [0, 0.1) is 3.57 Å². The van der Waals surface area contributed by atoms with Gasteiger partial charge in [-0.05, 0) is 76.9 Å². The van der Waals surface area contributed by atoms with Crippen molar-refractivity contribution in [2.24, 2.45) is 0 Å². The fourth-order valence-corrected chi connectivity index (χ4v) is 3.07. The van der Waals surface area contributed by atoms with Crippen molar-refractivity contribution in [2.75, 3.05) is 10.6 Å². The highest BCUT2D eigenvalue weighted by molar-refractivity contribution is 14.1. The van der Waals surface area contributed by atoms with E-state index in [0.29, 0.717) is 13.0 Å². The Hall–Kier alpha value is -1.56. The van der Waals surface area contributed by atoms with Crippen LogP contribution >= 0.6 is 22.6 Å². The van der Waals surface area contributed by atoms with Crippen LogP contribution in [-0.2, 0) is 17.8 Å². The zero-order valence-electron chi connectivity index (χ0n) is 11.7. The van der Waals surface area contributed by atoms with Crippen molar-refractivity contribution in [3.05, 3.63) is 57.2 Å². The van der Waals surface area contributed by atoms with Crippen LogP contribution in [-0.4, -0.2) is 5.91 Å². The van der Waals surface area contributed by atoms with Gasteiger partial charge in [0.2, 0.25) is 5.91 Å². The van der Waals surface area contributed by atoms with Crippen LogP contribution < -0.4 is 10.6 Å². The van der Waals surface area contributed by atoms with Gasteiger partial charge in [0.05, 0.1) is 6.54 Å². The number of amides is 1. The number of carbonyl (C=O) groups is 1. The summed E-state index contributed by atoms with van der Waals surface area (Å²) in [6, 6.07) is 14.1. The second-order valence-electron chi connectivity index (χ2n) is 5.35. The summed E-state index contributed by atoms with van der Waals surface area (Å²) in [5.41, 5.74) is 9.96. The molecule has 1 aliphatic rings. The van der Waals surface area contributed by atoms with Crippen molar-refractivity contribution in [1.29, 1.82) is 0 Å². The van der Waals surface area contributed by atoms with Gasteiger partial charge >= 0.3 is 0 Å². The van der Waals surface area contributed by atoms with Gasteiger partial charge in [0, 0.05) is 21.4 Å². The molecular weight excluding hydrogens is 375 g/mol. The molecule has 2 N–H and O–H groups in total. The number of hydrogen-bond donors (Lipinski definition) is 1. The molecule has 1 amide bonds. The van der Waals surface area contributed by atoms with Gasteiger partial charge in [-0.1, -0.05) is 12.1 Å². The van der Waals surface area contributed by atoms with E-state index in [1.54, 1.807) is 0 Å². The number of hydrogen-bond acceptors (Lipinski definition) is 2. The average molecular weight is 392 g/mol. The van der Waals surface area contributed by atoms with E-state index in [1.807, 2.05) is 23.1 Å². The number of fused-ring (bicyclic) bond motifs is 1. The van der Waals surface area contributed by atoms with E-state index in [2.05, 4.69) is 46.9 Å². The number of rotatable bonds is 2. The quantitative estimate of drug-likeness (QED) is 0.625. The maximum atomic E-state index is 12.4. The molecule has 3 nitrogen and oxygen atoms in total. The topological polar surface area (TPSA) is 46.3 Å². The molecule has 0 saturated heterocycles. The maximum Gasteiger partial charge on any atom is 0.227 e. The van der Waals surface area contributed by atoms with Crippen LogP contribution in [0.4, 0.5) is 11.4 Å². The number of anilines is 2. The SMILES string of the molecule is Nc1ccc2c(c1)CCCC(=O)N2Cc1ccc(I)cc1. The third-order valence-corrected chi connectivity index (χ3v) is 4.51. The Morgan fingerprint density at radius 3 is 2.62 bits per heavy atom. The molecule has 2 aromatic rings. The first-order valence-corrected chi connectivity index (χ1v) is 8.14. The standard InChI is InChI=1S/C17H17IN2O/c18-14-6-4-12(5-7-14)11-20-16-9-8-15(19)10-13(16)2-1-3-17(20)21/h4-10H,1-3,11,19H2. The van der Waals surface area contributed by atoms with E-state index in [1.165, 1.54) is 9.13 Å². The summed E-state index contributed by atoms with van der Waals surface area (Å²) in [5.74, 6) is 0.192. The van der Waals surface area contributed by atoms with Gasteiger partial charge in [0.1, 0.15) is 0 Å². The molecule has 0 atom stereocenters. The van der Waals surface area contributed by atoms with Crippen LogP contribution in [0.1, 0.15) is 24.0 Å². The van der Waals surface area contributed by atoms with Crippen molar-refractivity contribution < 1.29 is 4.79 Å². The van der Waals surface area contributed by atoms with Crippen LogP contribution in [0.5, 0.6) is 0 Å². The first-order valence-electron chi connectivity index (χ1n) is 7.07. The summed E-state index contributed by atoms with van der Waals surface area (Å²) in [5, 5.41) is 0. The average Bonchev–Trinajstić information content (AvgIpc) is 2.61. The molecular formula is C17H17IN2O. The van der Waals surface area contributed by atoms with E-state index < -0.39 is 0 Å². The Morgan fingerprint density at radius 2 is 1.86 bits per heavy atom. The smallest absolute Gasteiger partial charge is 0.227 e. The molecule has 0 unspecified atom stereocenters. The highest BCUT2D eigenvalue weighted by Crippen LogP contribution is 2.30. The predicted octanol–water partition coefficient (Wildman–Crippen LogP) is 3.74. The molecule has 0 fully saturated rings. The van der Waals surface area contributed by atoms with E-state index >= 15 is 0 Å². The number of nitrogen functional groups attached to an aromatic ring is 1. The van der Waals surface area contributed by atoms with Gasteiger partial charge in [-0.3, -0.25) is 4.79 Å². The lowest BCUT2D eigenvalue weighted by molar-refractivity contribution is -0.118. The summed E-state index contributed by atoms with van der Waals surface area (Å²) in [4.78, 5) is 14.3. The summed E-state index contributed by atoms with van der Waals surface area (Å²) >= 11 is 2.29. The Balaban J connectivity index is 1.95. The minimum absolute atomic E-state index is 0.192. The molecule has 0 spiro atoms.